The molecule has 2 aliphatic rings. The fourth-order valence-corrected chi connectivity index (χ4v) is 6.98. The summed E-state index contributed by atoms with van der Waals surface area (Å²) in [6, 6.07) is 0. The smallest absolute Gasteiger partial charge is 0.308 e. The van der Waals surface area contributed by atoms with Crippen molar-refractivity contribution in [3.8, 4) is 0 Å². The van der Waals surface area contributed by atoms with E-state index in [1.807, 2.05) is 30.4 Å². The molecule has 3 rings (SSSR count). The van der Waals surface area contributed by atoms with Crippen LogP contribution in [0.25, 0.3) is 0 Å². The van der Waals surface area contributed by atoms with E-state index >= 15 is 0 Å². The first-order valence-corrected chi connectivity index (χ1v) is 9.98. The summed E-state index contributed by atoms with van der Waals surface area (Å²) in [5.74, 6) is 1.54. The zero-order valence-electron chi connectivity index (χ0n) is 12.0. The number of rotatable bonds is 4. The number of hydrogen-bond acceptors (Lipinski definition) is 6. The number of ether oxygens (including phenoxy) is 1. The molecule has 1 spiro atoms. The number of carboxylic acids is 1. The van der Waals surface area contributed by atoms with Gasteiger partial charge in [0.1, 0.15) is 0 Å². The molecule has 0 aliphatic carbocycles. The molecule has 1 N–H and O–H groups in total. The molecule has 21 heavy (non-hydrogen) atoms. The fourth-order valence-electron chi connectivity index (χ4n) is 2.84. The maximum Gasteiger partial charge on any atom is 0.308 e. The summed E-state index contributed by atoms with van der Waals surface area (Å²) in [5.41, 5.74) is 0.958. The van der Waals surface area contributed by atoms with Crippen molar-refractivity contribution in [3.63, 3.8) is 0 Å². The van der Waals surface area contributed by atoms with Gasteiger partial charge < -0.3 is 9.84 Å². The molecule has 0 amide bonds. The minimum absolute atomic E-state index is 0.0818. The summed E-state index contributed by atoms with van der Waals surface area (Å²) in [6.45, 7) is 2.74. The molecule has 7 heteroatoms. The molecule has 2 aliphatic heterocycles. The average Bonchev–Trinajstić information content (AvgIpc) is 2.98. The Kier molecular flexibility index (Phi) is 4.83. The molecule has 1 aromatic heterocycles. The van der Waals surface area contributed by atoms with Crippen molar-refractivity contribution in [1.29, 1.82) is 0 Å². The third kappa shape index (κ3) is 3.75. The van der Waals surface area contributed by atoms with Crippen molar-refractivity contribution in [2.24, 2.45) is 0 Å². The molecule has 0 radical (unpaired) electrons. The normalized spacial score (nSPS) is 29.1. The summed E-state index contributed by atoms with van der Waals surface area (Å²) in [4.78, 5) is 16.3. The second-order valence-electron chi connectivity index (χ2n) is 5.63. The number of thiazole rings is 1. The van der Waals surface area contributed by atoms with Crippen LogP contribution in [0.3, 0.4) is 0 Å². The number of carbonyl (C=O) groups is 1. The van der Waals surface area contributed by atoms with Gasteiger partial charge in [-0.05, 0) is 31.9 Å². The minimum Gasteiger partial charge on any atom is -0.481 e. The average molecular weight is 346 g/mol. The highest BCUT2D eigenvalue weighted by atomic mass is 32.2. The molecule has 1 aromatic rings. The molecule has 0 saturated carbocycles. The van der Waals surface area contributed by atoms with Crippen molar-refractivity contribution < 1.29 is 14.6 Å². The molecule has 4 nitrogen and oxygen atoms in total. The first kappa shape index (κ1) is 15.6. The molecular formula is C14H19NO3S3. The second-order valence-corrected chi connectivity index (χ2v) is 9.36. The minimum atomic E-state index is -0.786. The van der Waals surface area contributed by atoms with E-state index in [4.69, 9.17) is 9.84 Å². The van der Waals surface area contributed by atoms with Crippen molar-refractivity contribution >= 4 is 40.8 Å². The van der Waals surface area contributed by atoms with Crippen LogP contribution in [0.2, 0.25) is 0 Å². The third-order valence-electron chi connectivity index (χ3n) is 3.97. The van der Waals surface area contributed by atoms with E-state index in [2.05, 4.69) is 4.98 Å². The largest absolute Gasteiger partial charge is 0.481 e. The lowest BCUT2D eigenvalue weighted by Crippen LogP contribution is -2.40. The van der Waals surface area contributed by atoms with Crippen LogP contribution in [0.1, 0.15) is 29.8 Å². The van der Waals surface area contributed by atoms with Crippen LogP contribution in [0, 0.1) is 6.92 Å². The second kappa shape index (κ2) is 6.48. The van der Waals surface area contributed by atoms with Crippen molar-refractivity contribution in [2.75, 3.05) is 18.1 Å². The number of aromatic nitrogens is 1. The zero-order valence-corrected chi connectivity index (χ0v) is 14.4. The predicted octanol–water partition coefficient (Wildman–Crippen LogP) is 3.23. The van der Waals surface area contributed by atoms with E-state index in [1.54, 1.807) is 0 Å². The molecule has 0 aromatic carbocycles. The molecule has 3 heterocycles. The Morgan fingerprint density at radius 2 is 2.48 bits per heavy atom. The van der Waals surface area contributed by atoms with E-state index in [9.17, 15) is 4.79 Å². The molecule has 2 atom stereocenters. The molecule has 2 saturated heterocycles. The van der Waals surface area contributed by atoms with Crippen molar-refractivity contribution in [3.05, 3.63) is 10.6 Å². The van der Waals surface area contributed by atoms with Gasteiger partial charge in [0.2, 0.25) is 0 Å². The van der Waals surface area contributed by atoms with E-state index < -0.39 is 5.97 Å². The van der Waals surface area contributed by atoms with Gasteiger partial charge >= 0.3 is 5.97 Å². The lowest BCUT2D eigenvalue weighted by atomic mass is 9.93. The highest BCUT2D eigenvalue weighted by Gasteiger charge is 2.40. The third-order valence-corrected chi connectivity index (χ3v) is 7.71. The number of aryl methyl sites for hydroxylation is 1. The molecule has 116 valence electrons. The van der Waals surface area contributed by atoms with Crippen molar-refractivity contribution in [2.45, 2.75) is 47.8 Å². The van der Waals surface area contributed by atoms with E-state index in [-0.39, 0.29) is 12.0 Å². The van der Waals surface area contributed by atoms with Crippen LogP contribution in [0.4, 0.5) is 0 Å². The maximum absolute atomic E-state index is 10.8. The van der Waals surface area contributed by atoms with Gasteiger partial charge in [0, 0.05) is 22.5 Å². The van der Waals surface area contributed by atoms with Crippen LogP contribution >= 0.6 is 34.9 Å². The van der Waals surface area contributed by atoms with Crippen LogP contribution in [-0.4, -0.2) is 45.0 Å². The molecular weight excluding hydrogens is 326 g/mol. The first-order valence-electron chi connectivity index (χ1n) is 7.13. The van der Waals surface area contributed by atoms with Gasteiger partial charge in [-0.2, -0.15) is 11.8 Å². The molecule has 2 fully saturated rings. The summed E-state index contributed by atoms with van der Waals surface area (Å²) in [7, 11) is 0. The van der Waals surface area contributed by atoms with E-state index in [1.165, 1.54) is 17.1 Å². The Morgan fingerprint density at radius 3 is 3.19 bits per heavy atom. The quantitative estimate of drug-likeness (QED) is 0.904. The highest BCUT2D eigenvalue weighted by Crippen LogP contribution is 2.43. The number of aliphatic carboxylic acids is 1. The van der Waals surface area contributed by atoms with Crippen molar-refractivity contribution in [1.82, 2.24) is 4.98 Å². The van der Waals surface area contributed by atoms with Gasteiger partial charge in [0.15, 0.2) is 4.34 Å². The Labute approximate surface area is 137 Å². The number of carboxylic acid groups (broad SMARTS) is 1. The summed E-state index contributed by atoms with van der Waals surface area (Å²) in [5, 5.41) is 9.46. The Morgan fingerprint density at radius 1 is 1.62 bits per heavy atom. The zero-order chi connectivity index (χ0) is 14.9. The van der Waals surface area contributed by atoms with Gasteiger partial charge in [-0.15, -0.1) is 11.3 Å². The van der Waals surface area contributed by atoms with Gasteiger partial charge in [-0.3, -0.25) is 4.79 Å². The lowest BCUT2D eigenvalue weighted by molar-refractivity contribution is -0.136. The molecule has 0 bridgehead atoms. The summed E-state index contributed by atoms with van der Waals surface area (Å²) < 4.78 is 7.06. The van der Waals surface area contributed by atoms with Crippen LogP contribution in [0.15, 0.2) is 4.34 Å². The Bertz CT molecular complexity index is 526. The van der Waals surface area contributed by atoms with Gasteiger partial charge in [0.25, 0.3) is 0 Å². The van der Waals surface area contributed by atoms with Gasteiger partial charge in [-0.1, -0.05) is 11.8 Å². The van der Waals surface area contributed by atoms with Gasteiger partial charge in [0.05, 0.1) is 17.7 Å². The highest BCUT2D eigenvalue weighted by molar-refractivity contribution is 8.01. The van der Waals surface area contributed by atoms with Crippen LogP contribution < -0.4 is 0 Å². The fraction of sp³-hybridized carbons (Fsp3) is 0.714. The summed E-state index contributed by atoms with van der Waals surface area (Å²) in [6.07, 6.45) is 3.40. The number of nitrogens with zero attached hydrogens (tertiary/aromatic N) is 1. The summed E-state index contributed by atoms with van der Waals surface area (Å²) >= 11 is 5.34. The van der Waals surface area contributed by atoms with Gasteiger partial charge in [-0.25, -0.2) is 4.98 Å². The number of thioether (sulfide) groups is 2. The Balaban J connectivity index is 1.64. The van der Waals surface area contributed by atoms with Crippen LogP contribution in [-0.2, 0) is 16.0 Å². The Hall–Kier alpha value is -0.240. The first-order chi connectivity index (χ1) is 10.1. The SMILES string of the molecule is Cc1nc(SC2CCOC3(CCSC3)C2)sc1CC(=O)O. The lowest BCUT2D eigenvalue weighted by Gasteiger charge is -2.37. The molecule has 2 unspecified atom stereocenters. The standard InChI is InChI=1S/C14H19NO3S3/c1-9-11(6-12(16)17)21-13(15-9)20-10-2-4-18-14(7-10)3-5-19-8-14/h10H,2-8H2,1H3,(H,16,17). The number of hydrogen-bond donors (Lipinski definition) is 1. The topological polar surface area (TPSA) is 59.4 Å². The van der Waals surface area contributed by atoms with E-state index in [0.717, 1.165) is 46.5 Å². The van der Waals surface area contributed by atoms with Crippen LogP contribution in [0.5, 0.6) is 0 Å². The monoisotopic (exact) mass is 345 g/mol. The maximum atomic E-state index is 10.8. The predicted molar refractivity (Wildman–Crippen MR) is 87.7 cm³/mol. The van der Waals surface area contributed by atoms with E-state index in [0.29, 0.717) is 5.25 Å².